The molecule has 1 aromatic carbocycles. The van der Waals surface area contributed by atoms with Crippen molar-refractivity contribution in [2.75, 3.05) is 4.90 Å². The summed E-state index contributed by atoms with van der Waals surface area (Å²) in [6.07, 6.45) is 2.24. The predicted molar refractivity (Wildman–Crippen MR) is 79.6 cm³/mol. The zero-order chi connectivity index (χ0) is 14.4. The molecule has 3 heteroatoms. The van der Waals surface area contributed by atoms with Crippen molar-refractivity contribution in [1.82, 2.24) is 0 Å². The van der Waals surface area contributed by atoms with Crippen LogP contribution in [0.3, 0.4) is 0 Å². The Labute approximate surface area is 115 Å². The number of allylic oxidation sites excluding steroid dienone is 1. The van der Waals surface area contributed by atoms with Crippen LogP contribution in [0.5, 0.6) is 0 Å². The van der Waals surface area contributed by atoms with Gasteiger partial charge in [0.1, 0.15) is 5.82 Å². The molecule has 0 bridgehead atoms. The molecule has 1 aromatic rings. The highest BCUT2D eigenvalue weighted by atomic mass is 19.1. The summed E-state index contributed by atoms with van der Waals surface area (Å²) in [4.78, 5) is 2.26. The van der Waals surface area contributed by atoms with Crippen LogP contribution in [-0.4, -0.2) is 11.6 Å². The molecule has 2 rings (SSSR count). The van der Waals surface area contributed by atoms with Gasteiger partial charge in [-0.15, -0.1) is 0 Å². The number of fused-ring (bicyclic) bond motifs is 1. The number of anilines is 1. The van der Waals surface area contributed by atoms with E-state index in [9.17, 15) is 4.39 Å². The van der Waals surface area contributed by atoms with Gasteiger partial charge in [0.25, 0.3) is 0 Å². The van der Waals surface area contributed by atoms with E-state index in [0.717, 1.165) is 11.3 Å². The summed E-state index contributed by atoms with van der Waals surface area (Å²) in [6.45, 7) is 10.9. The first kappa shape index (κ1) is 14.1. The summed E-state index contributed by atoms with van der Waals surface area (Å²) in [6, 6.07) is 3.83. The molecule has 0 aromatic heterocycles. The lowest BCUT2D eigenvalue weighted by atomic mass is 9.87. The van der Waals surface area contributed by atoms with Gasteiger partial charge in [-0.25, -0.2) is 4.39 Å². The highest BCUT2D eigenvalue weighted by molar-refractivity contribution is 5.81. The van der Waals surface area contributed by atoms with Gasteiger partial charge in [-0.1, -0.05) is 6.08 Å². The minimum absolute atomic E-state index is 0.109. The van der Waals surface area contributed by atoms with Crippen molar-refractivity contribution in [2.45, 2.75) is 52.7 Å². The molecular formula is C16H23FN2. The molecule has 2 N–H and O–H groups in total. The Morgan fingerprint density at radius 1 is 1.32 bits per heavy atom. The van der Waals surface area contributed by atoms with E-state index < -0.39 is 0 Å². The van der Waals surface area contributed by atoms with Crippen LogP contribution < -0.4 is 10.6 Å². The van der Waals surface area contributed by atoms with E-state index in [2.05, 4.69) is 45.6 Å². The Morgan fingerprint density at radius 2 is 1.95 bits per heavy atom. The topological polar surface area (TPSA) is 29.3 Å². The van der Waals surface area contributed by atoms with Gasteiger partial charge in [0, 0.05) is 29.4 Å². The standard InChI is InChI=1S/C16H23FN2/c1-10(2)19-15-7-14(17)12(9-18)6-13(15)11(3)8-16(19,4)5/h6-8,10H,9,18H2,1-5H3. The maximum atomic E-state index is 14.1. The summed E-state index contributed by atoms with van der Waals surface area (Å²) in [5.74, 6) is -0.211. The van der Waals surface area contributed by atoms with Gasteiger partial charge in [-0.05, 0) is 52.3 Å². The number of hydrogen-bond acceptors (Lipinski definition) is 2. The number of halogens is 1. The molecule has 0 saturated heterocycles. The number of rotatable bonds is 2. The van der Waals surface area contributed by atoms with Crippen LogP contribution in [0.2, 0.25) is 0 Å². The summed E-state index contributed by atoms with van der Waals surface area (Å²) in [5, 5.41) is 0. The third-order valence-electron chi connectivity index (χ3n) is 3.78. The largest absolute Gasteiger partial charge is 0.360 e. The van der Waals surface area contributed by atoms with Crippen molar-refractivity contribution in [1.29, 1.82) is 0 Å². The molecule has 0 spiro atoms. The molecule has 0 amide bonds. The minimum atomic E-state index is -0.211. The van der Waals surface area contributed by atoms with Crippen LogP contribution in [0.4, 0.5) is 10.1 Å². The third kappa shape index (κ3) is 2.27. The maximum Gasteiger partial charge on any atom is 0.129 e. The molecule has 19 heavy (non-hydrogen) atoms. The van der Waals surface area contributed by atoms with E-state index in [-0.39, 0.29) is 17.9 Å². The molecule has 0 atom stereocenters. The van der Waals surface area contributed by atoms with Gasteiger partial charge in [0.2, 0.25) is 0 Å². The number of nitrogens with two attached hydrogens (primary N) is 1. The zero-order valence-corrected chi connectivity index (χ0v) is 12.4. The Hall–Kier alpha value is -1.35. The highest BCUT2D eigenvalue weighted by Gasteiger charge is 2.33. The molecule has 2 nitrogen and oxygen atoms in total. The second kappa shape index (κ2) is 4.64. The Morgan fingerprint density at radius 3 is 2.47 bits per heavy atom. The van der Waals surface area contributed by atoms with Gasteiger partial charge in [-0.3, -0.25) is 0 Å². The van der Waals surface area contributed by atoms with Crippen LogP contribution in [0.1, 0.15) is 45.7 Å². The predicted octanol–water partition coefficient (Wildman–Crippen LogP) is 3.69. The lowest BCUT2D eigenvalue weighted by molar-refractivity contribution is 0.504. The molecule has 0 radical (unpaired) electrons. The first-order valence-electron chi connectivity index (χ1n) is 6.79. The summed E-state index contributed by atoms with van der Waals surface area (Å²) < 4.78 is 14.1. The summed E-state index contributed by atoms with van der Waals surface area (Å²) >= 11 is 0. The lowest BCUT2D eigenvalue weighted by Gasteiger charge is -2.46. The van der Waals surface area contributed by atoms with Crippen LogP contribution >= 0.6 is 0 Å². The van der Waals surface area contributed by atoms with Crippen molar-refractivity contribution >= 4 is 11.3 Å². The van der Waals surface area contributed by atoms with Gasteiger partial charge in [0.15, 0.2) is 0 Å². The lowest BCUT2D eigenvalue weighted by Crippen LogP contribution is -2.49. The van der Waals surface area contributed by atoms with Gasteiger partial charge in [-0.2, -0.15) is 0 Å². The van der Waals surface area contributed by atoms with Crippen molar-refractivity contribution in [3.8, 4) is 0 Å². The molecule has 0 unspecified atom stereocenters. The smallest absolute Gasteiger partial charge is 0.129 e. The van der Waals surface area contributed by atoms with Crippen LogP contribution in [0.25, 0.3) is 5.57 Å². The Bertz CT molecular complexity index is 530. The van der Waals surface area contributed by atoms with E-state index in [0.29, 0.717) is 11.6 Å². The van der Waals surface area contributed by atoms with E-state index in [1.807, 2.05) is 6.07 Å². The van der Waals surface area contributed by atoms with Gasteiger partial charge < -0.3 is 10.6 Å². The Balaban J connectivity index is 2.69. The quantitative estimate of drug-likeness (QED) is 0.880. The maximum absolute atomic E-state index is 14.1. The fraction of sp³-hybridized carbons (Fsp3) is 0.500. The normalized spacial score (nSPS) is 17.5. The number of nitrogens with zero attached hydrogens (tertiary/aromatic N) is 1. The third-order valence-corrected chi connectivity index (χ3v) is 3.78. The monoisotopic (exact) mass is 262 g/mol. The molecule has 1 aliphatic heterocycles. The average Bonchev–Trinajstić information content (AvgIpc) is 2.26. The van der Waals surface area contributed by atoms with E-state index in [4.69, 9.17) is 5.73 Å². The SMILES string of the molecule is CC1=CC(C)(C)N(C(C)C)c2cc(F)c(CN)cc21. The number of hydrogen-bond donors (Lipinski definition) is 1. The second-order valence-electron chi connectivity index (χ2n) is 6.11. The average molecular weight is 262 g/mol. The molecule has 1 heterocycles. The molecular weight excluding hydrogens is 239 g/mol. The molecule has 104 valence electrons. The van der Waals surface area contributed by atoms with E-state index in [1.165, 1.54) is 5.57 Å². The van der Waals surface area contributed by atoms with Crippen LogP contribution in [-0.2, 0) is 6.54 Å². The Kier molecular flexibility index (Phi) is 3.43. The van der Waals surface area contributed by atoms with Crippen molar-refractivity contribution < 1.29 is 4.39 Å². The van der Waals surface area contributed by atoms with Crippen LogP contribution in [0, 0.1) is 5.82 Å². The highest BCUT2D eigenvalue weighted by Crippen LogP contribution is 2.41. The summed E-state index contributed by atoms with van der Waals surface area (Å²) in [7, 11) is 0. The van der Waals surface area contributed by atoms with E-state index in [1.54, 1.807) is 6.07 Å². The molecule has 1 aliphatic rings. The van der Waals surface area contributed by atoms with Crippen molar-refractivity contribution in [3.63, 3.8) is 0 Å². The zero-order valence-electron chi connectivity index (χ0n) is 12.4. The van der Waals surface area contributed by atoms with E-state index >= 15 is 0 Å². The van der Waals surface area contributed by atoms with Gasteiger partial charge >= 0.3 is 0 Å². The van der Waals surface area contributed by atoms with Crippen molar-refractivity contribution in [2.24, 2.45) is 5.73 Å². The fourth-order valence-electron chi connectivity index (χ4n) is 3.21. The first-order chi connectivity index (χ1) is 8.77. The fourth-order valence-corrected chi connectivity index (χ4v) is 3.21. The summed E-state index contributed by atoms with van der Waals surface area (Å²) in [5.41, 5.74) is 9.32. The van der Waals surface area contributed by atoms with Gasteiger partial charge in [0.05, 0.1) is 5.54 Å². The van der Waals surface area contributed by atoms with Crippen molar-refractivity contribution in [3.05, 3.63) is 35.2 Å². The molecule has 0 aliphatic carbocycles. The molecule has 0 saturated carbocycles. The first-order valence-corrected chi connectivity index (χ1v) is 6.79. The minimum Gasteiger partial charge on any atom is -0.360 e. The molecule has 0 fully saturated rings. The second-order valence-corrected chi connectivity index (χ2v) is 6.11. The van der Waals surface area contributed by atoms with Crippen LogP contribution in [0.15, 0.2) is 18.2 Å². The number of benzene rings is 1.